The predicted molar refractivity (Wildman–Crippen MR) is 245 cm³/mol. The summed E-state index contributed by atoms with van der Waals surface area (Å²) in [4.78, 5) is 40.6. The number of carbonyl (C=O) groups is 1. The van der Waals surface area contributed by atoms with Gasteiger partial charge in [0.1, 0.15) is 17.3 Å². The van der Waals surface area contributed by atoms with Gasteiger partial charge < -0.3 is 25.3 Å². The summed E-state index contributed by atoms with van der Waals surface area (Å²) in [5.74, 6) is 1.82. The predicted octanol–water partition coefficient (Wildman–Crippen LogP) is 10.5. The maximum atomic E-state index is 13.8. The SMILES string of the molecule is Cc1nc2cc(C(=O)Nc3nc(-c4ccccn4)cs3)ccc2n1CCCCCCCCNc1nc(NCCC(C)(C)OCCC(C)(C)C)nc(NCc2cccc(F)c2)n1. The molecule has 324 valence electrons. The molecule has 0 aliphatic heterocycles. The van der Waals surface area contributed by atoms with E-state index in [1.54, 1.807) is 12.3 Å². The maximum Gasteiger partial charge on any atom is 0.257 e. The molecule has 13 nitrogen and oxygen atoms in total. The molecule has 2 aromatic carbocycles. The summed E-state index contributed by atoms with van der Waals surface area (Å²) in [6.07, 6.45) is 9.99. The lowest BCUT2D eigenvalue weighted by atomic mass is 9.93. The number of hydrogen-bond acceptors (Lipinski definition) is 12. The van der Waals surface area contributed by atoms with Gasteiger partial charge >= 0.3 is 0 Å². The molecule has 0 spiro atoms. The number of thiazole rings is 1. The molecule has 0 fully saturated rings. The van der Waals surface area contributed by atoms with Gasteiger partial charge in [-0.05, 0) is 99.9 Å². The lowest BCUT2D eigenvalue weighted by Crippen LogP contribution is -2.29. The fourth-order valence-electron chi connectivity index (χ4n) is 6.73. The fourth-order valence-corrected chi connectivity index (χ4v) is 7.43. The number of halogens is 1. The van der Waals surface area contributed by atoms with Gasteiger partial charge in [-0.3, -0.25) is 15.1 Å². The number of pyridine rings is 1. The van der Waals surface area contributed by atoms with Crippen molar-refractivity contribution in [1.82, 2.24) is 34.5 Å². The Kier molecular flexibility index (Phi) is 15.7. The number of ether oxygens (including phenoxy) is 1. The van der Waals surface area contributed by atoms with Gasteiger partial charge in [0.25, 0.3) is 5.91 Å². The topological polar surface area (TPSA) is 157 Å². The molecule has 4 aromatic heterocycles. The number of anilines is 4. The van der Waals surface area contributed by atoms with Crippen molar-refractivity contribution in [2.45, 2.75) is 112 Å². The first kappa shape index (κ1) is 45.0. The van der Waals surface area contributed by atoms with E-state index in [2.05, 4.69) is 85.4 Å². The minimum atomic E-state index is -0.292. The summed E-state index contributed by atoms with van der Waals surface area (Å²) in [6, 6.07) is 17.8. The number of fused-ring (bicyclic) bond motifs is 1. The van der Waals surface area contributed by atoms with E-state index < -0.39 is 0 Å². The number of nitrogens with one attached hydrogen (secondary N) is 4. The minimum Gasteiger partial charge on any atom is -0.375 e. The summed E-state index contributed by atoms with van der Waals surface area (Å²) in [6.45, 7) is 16.2. The van der Waals surface area contributed by atoms with E-state index in [9.17, 15) is 9.18 Å². The molecule has 4 N–H and O–H groups in total. The maximum absolute atomic E-state index is 13.8. The minimum absolute atomic E-state index is 0.219. The average Bonchev–Trinajstić information content (AvgIpc) is 3.82. The molecule has 0 bridgehead atoms. The third-order valence-corrected chi connectivity index (χ3v) is 11.0. The molecule has 4 heterocycles. The van der Waals surface area contributed by atoms with Crippen molar-refractivity contribution in [2.24, 2.45) is 5.41 Å². The van der Waals surface area contributed by atoms with E-state index in [0.29, 0.717) is 48.2 Å². The number of benzene rings is 2. The quantitative estimate of drug-likeness (QED) is 0.0455. The lowest BCUT2D eigenvalue weighted by molar-refractivity contribution is -0.0306. The molecule has 15 heteroatoms. The van der Waals surface area contributed by atoms with Crippen molar-refractivity contribution in [3.8, 4) is 11.4 Å². The van der Waals surface area contributed by atoms with Gasteiger partial charge in [-0.2, -0.15) is 15.0 Å². The number of amides is 1. The summed E-state index contributed by atoms with van der Waals surface area (Å²) >= 11 is 1.37. The number of nitrogens with zero attached hydrogens (tertiary/aromatic N) is 7. The average molecular weight is 850 g/mol. The van der Waals surface area contributed by atoms with Crippen LogP contribution in [0.5, 0.6) is 0 Å². The summed E-state index contributed by atoms with van der Waals surface area (Å²) in [7, 11) is 0. The summed E-state index contributed by atoms with van der Waals surface area (Å²) < 4.78 is 22.2. The first-order valence-corrected chi connectivity index (χ1v) is 22.2. The Morgan fingerprint density at radius 2 is 1.51 bits per heavy atom. The molecule has 1 amide bonds. The first-order chi connectivity index (χ1) is 29.3. The number of hydrogen-bond donors (Lipinski definition) is 4. The molecule has 6 aromatic rings. The van der Waals surface area contributed by atoms with Crippen LogP contribution < -0.4 is 21.3 Å². The summed E-state index contributed by atoms with van der Waals surface area (Å²) in [5.41, 5.74) is 4.60. The Balaban J connectivity index is 0.924. The molecule has 0 unspecified atom stereocenters. The molecule has 61 heavy (non-hydrogen) atoms. The van der Waals surface area contributed by atoms with Gasteiger partial charge in [0.2, 0.25) is 17.8 Å². The second-order valence-corrected chi connectivity index (χ2v) is 18.0. The number of aromatic nitrogens is 7. The van der Waals surface area contributed by atoms with E-state index in [0.717, 1.165) is 98.3 Å². The van der Waals surface area contributed by atoms with Crippen molar-refractivity contribution < 1.29 is 13.9 Å². The van der Waals surface area contributed by atoms with Crippen LogP contribution in [0, 0.1) is 18.2 Å². The largest absolute Gasteiger partial charge is 0.375 e. The first-order valence-electron chi connectivity index (χ1n) is 21.3. The van der Waals surface area contributed by atoms with Gasteiger partial charge in [-0.25, -0.2) is 14.4 Å². The third kappa shape index (κ3) is 14.3. The Labute approximate surface area is 362 Å². The van der Waals surface area contributed by atoms with Crippen LogP contribution >= 0.6 is 11.3 Å². The van der Waals surface area contributed by atoms with Crippen molar-refractivity contribution >= 4 is 51.3 Å². The van der Waals surface area contributed by atoms with Crippen LogP contribution in [0.2, 0.25) is 0 Å². The Morgan fingerprint density at radius 1 is 0.770 bits per heavy atom. The second-order valence-electron chi connectivity index (χ2n) is 17.2. The van der Waals surface area contributed by atoms with Crippen molar-refractivity contribution in [3.05, 3.63) is 95.0 Å². The molecular formula is C46H60FN11O2S. The van der Waals surface area contributed by atoms with Crippen LogP contribution in [-0.4, -0.2) is 65.7 Å². The van der Waals surface area contributed by atoms with Crippen LogP contribution in [0.4, 0.5) is 27.4 Å². The van der Waals surface area contributed by atoms with E-state index in [-0.39, 0.29) is 22.7 Å². The second kappa shape index (κ2) is 21.3. The monoisotopic (exact) mass is 849 g/mol. The van der Waals surface area contributed by atoms with Gasteiger partial charge in [-0.15, -0.1) is 11.3 Å². The van der Waals surface area contributed by atoms with Crippen LogP contribution in [0.25, 0.3) is 22.4 Å². The smallest absolute Gasteiger partial charge is 0.257 e. The standard InChI is InChI=1S/C46H60FN11O2S/c1-32-52-37-29-34(40(59)54-44-53-38(31-61-44)36-18-11-13-23-48-36)19-20-39(37)58(32)26-14-10-8-7-9-12-24-49-41-55-42(50-25-21-46(5,6)60-27-22-45(2,3)4)57-43(56-41)51-30-33-16-15-17-35(47)28-33/h11,13,15-20,23,28-29,31H,7-10,12,14,21-22,24-27,30H2,1-6H3,(H,53,54,59)(H3,49,50,51,55,56,57). The van der Waals surface area contributed by atoms with Gasteiger partial charge in [0.05, 0.1) is 22.3 Å². The van der Waals surface area contributed by atoms with E-state index in [1.165, 1.54) is 23.5 Å². The van der Waals surface area contributed by atoms with Crippen LogP contribution in [0.15, 0.2) is 72.2 Å². The molecule has 0 atom stereocenters. The number of aryl methyl sites for hydroxylation is 2. The molecule has 0 saturated heterocycles. The zero-order chi connectivity index (χ0) is 43.2. The fraction of sp³-hybridized carbons (Fsp3) is 0.457. The molecule has 0 aliphatic rings. The Bertz CT molecular complexity index is 2320. The molecule has 0 aliphatic carbocycles. The molecule has 6 rings (SSSR count). The zero-order valence-electron chi connectivity index (χ0n) is 36.4. The van der Waals surface area contributed by atoms with Crippen molar-refractivity contribution in [3.63, 3.8) is 0 Å². The zero-order valence-corrected chi connectivity index (χ0v) is 37.2. The highest BCUT2D eigenvalue weighted by Gasteiger charge is 2.20. The van der Waals surface area contributed by atoms with Crippen molar-refractivity contribution in [1.29, 1.82) is 0 Å². The van der Waals surface area contributed by atoms with Crippen LogP contribution in [-0.2, 0) is 17.8 Å². The molecule has 0 saturated carbocycles. The van der Waals surface area contributed by atoms with E-state index in [4.69, 9.17) is 9.72 Å². The number of imidazole rings is 1. The van der Waals surface area contributed by atoms with Crippen molar-refractivity contribution in [2.75, 3.05) is 41.0 Å². The molecule has 0 radical (unpaired) electrons. The normalized spacial score (nSPS) is 11.9. The van der Waals surface area contributed by atoms with Crippen LogP contribution in [0.3, 0.4) is 0 Å². The highest BCUT2D eigenvalue weighted by atomic mass is 32.1. The number of carbonyl (C=O) groups excluding carboxylic acids is 1. The van der Waals surface area contributed by atoms with Gasteiger partial charge in [-0.1, -0.05) is 64.7 Å². The van der Waals surface area contributed by atoms with Crippen LogP contribution in [0.1, 0.15) is 108 Å². The van der Waals surface area contributed by atoms with Gasteiger partial charge in [0, 0.05) is 49.9 Å². The number of rotatable bonds is 23. The van der Waals surface area contributed by atoms with Gasteiger partial charge in [0.15, 0.2) is 5.13 Å². The van der Waals surface area contributed by atoms with E-state index in [1.807, 2.05) is 54.8 Å². The lowest BCUT2D eigenvalue weighted by Gasteiger charge is -2.28. The Morgan fingerprint density at radius 3 is 2.25 bits per heavy atom. The van der Waals surface area contributed by atoms with E-state index >= 15 is 0 Å². The number of unbranched alkanes of at least 4 members (excludes halogenated alkanes) is 5. The molecular weight excluding hydrogens is 790 g/mol. The highest BCUT2D eigenvalue weighted by molar-refractivity contribution is 7.14. The highest BCUT2D eigenvalue weighted by Crippen LogP contribution is 2.26. The Hall–Kier alpha value is -5.54. The summed E-state index contributed by atoms with van der Waals surface area (Å²) in [5, 5.41) is 15.3. The third-order valence-electron chi connectivity index (χ3n) is 10.3.